The Morgan fingerprint density at radius 2 is 2.28 bits per heavy atom. The first-order valence-corrected chi connectivity index (χ1v) is 6.67. The molecule has 0 saturated carbocycles. The number of carbonyl (C=O) groups excluding carboxylic acids is 1. The van der Waals surface area contributed by atoms with E-state index in [0.717, 1.165) is 18.8 Å². The molecule has 0 radical (unpaired) electrons. The Morgan fingerprint density at radius 1 is 1.50 bits per heavy atom. The van der Waals surface area contributed by atoms with Crippen LogP contribution in [0.2, 0.25) is 0 Å². The maximum atomic E-state index is 11.5. The first-order valence-electron chi connectivity index (χ1n) is 6.67. The Labute approximate surface area is 109 Å². The first-order chi connectivity index (χ1) is 8.67. The minimum Gasteiger partial charge on any atom is -0.354 e. The molecule has 1 heterocycles. The number of aromatic nitrogens is 2. The van der Waals surface area contributed by atoms with Crippen molar-refractivity contribution >= 4 is 5.91 Å². The van der Waals surface area contributed by atoms with Crippen LogP contribution >= 0.6 is 0 Å². The van der Waals surface area contributed by atoms with Gasteiger partial charge in [0.2, 0.25) is 5.91 Å². The minimum atomic E-state index is 0.107. The highest BCUT2D eigenvalue weighted by atomic mass is 16.1. The molecule has 1 unspecified atom stereocenters. The molecule has 1 amide bonds. The van der Waals surface area contributed by atoms with Crippen LogP contribution in [0.1, 0.15) is 39.4 Å². The second-order valence-corrected chi connectivity index (χ2v) is 4.43. The standard InChI is InChI=1S/C13H24N4O/c1-4-11(3)16-13(18)6-7-14-10-12-15-8-9-17(12)5-2/h8-9,11,14H,4-7,10H2,1-3H3,(H,16,18). The third-order valence-electron chi connectivity index (χ3n) is 2.97. The van der Waals surface area contributed by atoms with Gasteiger partial charge in [0, 0.05) is 37.9 Å². The van der Waals surface area contributed by atoms with E-state index in [1.807, 2.05) is 13.1 Å². The molecule has 0 fully saturated rings. The molecular weight excluding hydrogens is 228 g/mol. The molecule has 0 saturated heterocycles. The Hall–Kier alpha value is -1.36. The van der Waals surface area contributed by atoms with Crippen LogP contribution in [0.3, 0.4) is 0 Å². The van der Waals surface area contributed by atoms with Crippen molar-refractivity contribution in [3.63, 3.8) is 0 Å². The molecule has 0 aliphatic heterocycles. The number of hydrogen-bond donors (Lipinski definition) is 2. The van der Waals surface area contributed by atoms with Crippen molar-refractivity contribution in [3.8, 4) is 0 Å². The zero-order chi connectivity index (χ0) is 13.4. The molecule has 18 heavy (non-hydrogen) atoms. The van der Waals surface area contributed by atoms with Gasteiger partial charge in [-0.05, 0) is 20.3 Å². The van der Waals surface area contributed by atoms with E-state index in [1.54, 1.807) is 6.20 Å². The topological polar surface area (TPSA) is 59.0 Å². The molecule has 2 N–H and O–H groups in total. The van der Waals surface area contributed by atoms with Crippen LogP contribution in [0.15, 0.2) is 12.4 Å². The fourth-order valence-electron chi connectivity index (χ4n) is 1.65. The van der Waals surface area contributed by atoms with E-state index in [-0.39, 0.29) is 11.9 Å². The highest BCUT2D eigenvalue weighted by molar-refractivity contribution is 5.76. The van der Waals surface area contributed by atoms with Gasteiger partial charge >= 0.3 is 0 Å². The van der Waals surface area contributed by atoms with Crippen LogP contribution in [0.4, 0.5) is 0 Å². The highest BCUT2D eigenvalue weighted by Crippen LogP contribution is 1.96. The molecule has 5 nitrogen and oxygen atoms in total. The maximum absolute atomic E-state index is 11.5. The number of hydrogen-bond acceptors (Lipinski definition) is 3. The number of aryl methyl sites for hydroxylation is 1. The van der Waals surface area contributed by atoms with Gasteiger partial charge in [0.25, 0.3) is 0 Å². The van der Waals surface area contributed by atoms with Gasteiger partial charge in [-0.2, -0.15) is 0 Å². The zero-order valence-electron chi connectivity index (χ0n) is 11.6. The van der Waals surface area contributed by atoms with Gasteiger partial charge in [0.05, 0.1) is 6.54 Å². The average molecular weight is 252 g/mol. The molecule has 5 heteroatoms. The lowest BCUT2D eigenvalue weighted by Gasteiger charge is -2.11. The monoisotopic (exact) mass is 252 g/mol. The van der Waals surface area contributed by atoms with Crippen molar-refractivity contribution < 1.29 is 4.79 Å². The lowest BCUT2D eigenvalue weighted by atomic mass is 10.2. The second-order valence-electron chi connectivity index (χ2n) is 4.43. The average Bonchev–Trinajstić information content (AvgIpc) is 2.81. The van der Waals surface area contributed by atoms with Crippen molar-refractivity contribution in [2.24, 2.45) is 0 Å². The lowest BCUT2D eigenvalue weighted by molar-refractivity contribution is -0.121. The summed E-state index contributed by atoms with van der Waals surface area (Å²) in [5.74, 6) is 1.12. The van der Waals surface area contributed by atoms with Crippen LogP contribution in [0, 0.1) is 0 Å². The van der Waals surface area contributed by atoms with Crippen molar-refractivity contribution in [2.75, 3.05) is 6.54 Å². The predicted octanol–water partition coefficient (Wildman–Crippen LogP) is 1.30. The van der Waals surface area contributed by atoms with Gasteiger partial charge in [-0.3, -0.25) is 4.79 Å². The van der Waals surface area contributed by atoms with E-state index < -0.39 is 0 Å². The van der Waals surface area contributed by atoms with E-state index in [1.165, 1.54) is 0 Å². The highest BCUT2D eigenvalue weighted by Gasteiger charge is 2.05. The number of nitrogens with zero attached hydrogens (tertiary/aromatic N) is 2. The number of imidazole rings is 1. The second kappa shape index (κ2) is 7.87. The summed E-state index contributed by atoms with van der Waals surface area (Å²) in [7, 11) is 0. The van der Waals surface area contributed by atoms with E-state index in [0.29, 0.717) is 19.5 Å². The van der Waals surface area contributed by atoms with Crippen LogP contribution in [-0.4, -0.2) is 28.0 Å². The predicted molar refractivity (Wildman–Crippen MR) is 72.1 cm³/mol. The fourth-order valence-corrected chi connectivity index (χ4v) is 1.65. The SMILES string of the molecule is CCC(C)NC(=O)CCNCc1nccn1CC. The van der Waals surface area contributed by atoms with Crippen LogP contribution in [0.25, 0.3) is 0 Å². The smallest absolute Gasteiger partial charge is 0.221 e. The number of nitrogens with one attached hydrogen (secondary N) is 2. The van der Waals surface area contributed by atoms with Crippen LogP contribution in [-0.2, 0) is 17.9 Å². The first kappa shape index (κ1) is 14.7. The van der Waals surface area contributed by atoms with Gasteiger partial charge in [-0.1, -0.05) is 6.92 Å². The van der Waals surface area contributed by atoms with Gasteiger partial charge in [0.15, 0.2) is 0 Å². The summed E-state index contributed by atoms with van der Waals surface area (Å²) in [5.41, 5.74) is 0. The molecule has 1 atom stereocenters. The summed E-state index contributed by atoms with van der Waals surface area (Å²) in [6.07, 6.45) is 5.24. The Kier molecular flexibility index (Phi) is 6.43. The summed E-state index contributed by atoms with van der Waals surface area (Å²) in [5, 5.41) is 6.19. The summed E-state index contributed by atoms with van der Waals surface area (Å²) < 4.78 is 2.09. The van der Waals surface area contributed by atoms with Gasteiger partial charge < -0.3 is 15.2 Å². The van der Waals surface area contributed by atoms with E-state index in [2.05, 4.69) is 34.0 Å². The molecule has 1 aromatic heterocycles. The molecule has 0 spiro atoms. The number of rotatable bonds is 8. The minimum absolute atomic E-state index is 0.107. The molecule has 1 aromatic rings. The third-order valence-corrected chi connectivity index (χ3v) is 2.97. The summed E-state index contributed by atoms with van der Waals surface area (Å²) in [4.78, 5) is 15.8. The molecule has 0 aromatic carbocycles. The molecule has 1 rings (SSSR count). The molecule has 0 aliphatic rings. The summed E-state index contributed by atoms with van der Waals surface area (Å²) >= 11 is 0. The summed E-state index contributed by atoms with van der Waals surface area (Å²) in [6, 6.07) is 0.261. The largest absolute Gasteiger partial charge is 0.354 e. The van der Waals surface area contributed by atoms with E-state index in [9.17, 15) is 4.79 Å². The Balaban J connectivity index is 2.17. The van der Waals surface area contributed by atoms with Crippen molar-refractivity contribution in [2.45, 2.75) is 52.7 Å². The number of amides is 1. The van der Waals surface area contributed by atoms with Gasteiger partial charge in [0.1, 0.15) is 5.82 Å². The summed E-state index contributed by atoms with van der Waals surface area (Å²) in [6.45, 7) is 8.48. The zero-order valence-corrected chi connectivity index (χ0v) is 11.6. The fraction of sp³-hybridized carbons (Fsp3) is 0.692. The maximum Gasteiger partial charge on any atom is 0.221 e. The molecule has 102 valence electrons. The normalized spacial score (nSPS) is 12.4. The molecule has 0 bridgehead atoms. The van der Waals surface area contributed by atoms with Crippen LogP contribution < -0.4 is 10.6 Å². The number of carbonyl (C=O) groups is 1. The van der Waals surface area contributed by atoms with Gasteiger partial charge in [-0.25, -0.2) is 4.98 Å². The van der Waals surface area contributed by atoms with Crippen molar-refractivity contribution in [3.05, 3.63) is 18.2 Å². The van der Waals surface area contributed by atoms with Crippen molar-refractivity contribution in [1.82, 2.24) is 20.2 Å². The third kappa shape index (κ3) is 4.87. The Morgan fingerprint density at radius 3 is 2.94 bits per heavy atom. The molecular formula is C13H24N4O. The van der Waals surface area contributed by atoms with Crippen LogP contribution in [0.5, 0.6) is 0 Å². The Bertz CT molecular complexity index is 362. The molecule has 0 aliphatic carbocycles. The van der Waals surface area contributed by atoms with E-state index in [4.69, 9.17) is 0 Å². The van der Waals surface area contributed by atoms with E-state index >= 15 is 0 Å². The lowest BCUT2D eigenvalue weighted by Crippen LogP contribution is -2.34. The van der Waals surface area contributed by atoms with Gasteiger partial charge in [-0.15, -0.1) is 0 Å². The quantitative estimate of drug-likeness (QED) is 0.686. The van der Waals surface area contributed by atoms with Crippen molar-refractivity contribution in [1.29, 1.82) is 0 Å².